The molecular formula is C16H19N3O2. The number of anilines is 1. The highest BCUT2D eigenvalue weighted by Gasteiger charge is 2.13. The van der Waals surface area contributed by atoms with E-state index < -0.39 is 5.91 Å². The van der Waals surface area contributed by atoms with Gasteiger partial charge in [-0.1, -0.05) is 18.9 Å². The van der Waals surface area contributed by atoms with Crippen molar-refractivity contribution in [2.24, 2.45) is 0 Å². The molecule has 1 heterocycles. The van der Waals surface area contributed by atoms with Crippen molar-refractivity contribution in [3.05, 3.63) is 36.0 Å². The molecule has 0 unspecified atom stereocenters. The molecule has 1 aliphatic rings. The Bertz CT molecular complexity index is 567. The third-order valence-electron chi connectivity index (χ3n) is 3.42. The van der Waals surface area contributed by atoms with E-state index in [0.29, 0.717) is 5.69 Å². The van der Waals surface area contributed by atoms with Gasteiger partial charge in [0.1, 0.15) is 17.4 Å². The first-order valence-electron chi connectivity index (χ1n) is 7.15. The second-order valence-electron chi connectivity index (χ2n) is 5.11. The molecular weight excluding hydrogens is 266 g/mol. The molecule has 2 rings (SSSR count). The molecule has 1 amide bonds. The summed E-state index contributed by atoms with van der Waals surface area (Å²) in [6, 6.07) is 8.21. The van der Waals surface area contributed by atoms with Crippen LogP contribution in [0.25, 0.3) is 0 Å². The van der Waals surface area contributed by atoms with Crippen LogP contribution in [0, 0.1) is 11.3 Å². The molecule has 1 aromatic carbocycles. The van der Waals surface area contributed by atoms with Gasteiger partial charge in [0.05, 0.1) is 0 Å². The van der Waals surface area contributed by atoms with Crippen LogP contribution in [-0.2, 0) is 4.79 Å². The number of likely N-dealkylation sites (tertiary alicyclic amines) is 1. The van der Waals surface area contributed by atoms with Gasteiger partial charge >= 0.3 is 0 Å². The molecule has 0 atom stereocenters. The molecule has 0 bridgehead atoms. The van der Waals surface area contributed by atoms with Crippen molar-refractivity contribution < 1.29 is 9.90 Å². The number of carbonyl (C=O) groups excluding carboxylic acids is 1. The van der Waals surface area contributed by atoms with Gasteiger partial charge in [-0.2, -0.15) is 5.26 Å². The van der Waals surface area contributed by atoms with Gasteiger partial charge in [-0.15, -0.1) is 0 Å². The zero-order valence-electron chi connectivity index (χ0n) is 11.9. The average molecular weight is 285 g/mol. The third-order valence-corrected chi connectivity index (χ3v) is 3.42. The first-order chi connectivity index (χ1) is 10.2. The number of rotatable bonds is 3. The van der Waals surface area contributed by atoms with E-state index in [0.717, 1.165) is 25.9 Å². The molecule has 0 aromatic heterocycles. The van der Waals surface area contributed by atoms with Gasteiger partial charge in [-0.05, 0) is 25.0 Å². The van der Waals surface area contributed by atoms with Crippen molar-refractivity contribution in [3.8, 4) is 11.8 Å². The molecule has 0 radical (unpaired) electrons. The second-order valence-corrected chi connectivity index (χ2v) is 5.11. The highest BCUT2D eigenvalue weighted by molar-refractivity contribution is 6.06. The maximum Gasteiger partial charge on any atom is 0.267 e. The number of hydrogen-bond donors (Lipinski definition) is 2. The Morgan fingerprint density at radius 1 is 1.29 bits per heavy atom. The lowest BCUT2D eigenvalue weighted by Gasteiger charge is -2.17. The summed E-state index contributed by atoms with van der Waals surface area (Å²) >= 11 is 0. The molecule has 0 saturated carbocycles. The first-order valence-corrected chi connectivity index (χ1v) is 7.15. The van der Waals surface area contributed by atoms with Crippen LogP contribution >= 0.6 is 0 Å². The Kier molecular flexibility index (Phi) is 5.22. The van der Waals surface area contributed by atoms with Gasteiger partial charge in [0, 0.05) is 31.0 Å². The Morgan fingerprint density at radius 3 is 2.62 bits per heavy atom. The summed E-state index contributed by atoms with van der Waals surface area (Å²) in [6.07, 6.45) is 6.21. The van der Waals surface area contributed by atoms with E-state index in [1.165, 1.54) is 25.0 Å². The maximum absolute atomic E-state index is 12.1. The zero-order valence-corrected chi connectivity index (χ0v) is 11.9. The number of phenolic OH excluding ortho intramolecular Hbond substituents is 1. The second kappa shape index (κ2) is 7.34. The monoisotopic (exact) mass is 285 g/mol. The molecule has 0 aliphatic carbocycles. The van der Waals surface area contributed by atoms with Crippen LogP contribution < -0.4 is 5.32 Å². The Balaban J connectivity index is 2.05. The van der Waals surface area contributed by atoms with E-state index in [1.54, 1.807) is 18.3 Å². The molecule has 1 fully saturated rings. The molecule has 1 saturated heterocycles. The fraction of sp³-hybridized carbons (Fsp3) is 0.375. The van der Waals surface area contributed by atoms with Gasteiger partial charge < -0.3 is 15.3 Å². The smallest absolute Gasteiger partial charge is 0.267 e. The summed E-state index contributed by atoms with van der Waals surface area (Å²) in [5.41, 5.74) is 0.553. The molecule has 21 heavy (non-hydrogen) atoms. The number of carbonyl (C=O) groups is 1. The summed E-state index contributed by atoms with van der Waals surface area (Å²) in [5, 5.41) is 21.2. The van der Waals surface area contributed by atoms with Crippen LogP contribution in [-0.4, -0.2) is 29.0 Å². The molecule has 5 heteroatoms. The fourth-order valence-electron chi connectivity index (χ4n) is 2.33. The number of hydrogen-bond acceptors (Lipinski definition) is 4. The van der Waals surface area contributed by atoms with Crippen LogP contribution in [0.2, 0.25) is 0 Å². The van der Waals surface area contributed by atoms with Crippen LogP contribution in [0.4, 0.5) is 5.69 Å². The van der Waals surface area contributed by atoms with Gasteiger partial charge in [0.25, 0.3) is 5.91 Å². The zero-order chi connectivity index (χ0) is 15.1. The molecule has 0 spiro atoms. The van der Waals surface area contributed by atoms with Crippen molar-refractivity contribution in [3.63, 3.8) is 0 Å². The van der Waals surface area contributed by atoms with Crippen LogP contribution in [0.5, 0.6) is 5.75 Å². The summed E-state index contributed by atoms with van der Waals surface area (Å²) in [7, 11) is 0. The van der Waals surface area contributed by atoms with Gasteiger partial charge in [0.2, 0.25) is 0 Å². The van der Waals surface area contributed by atoms with Crippen LogP contribution in [0.15, 0.2) is 36.0 Å². The van der Waals surface area contributed by atoms with E-state index in [2.05, 4.69) is 5.32 Å². The summed E-state index contributed by atoms with van der Waals surface area (Å²) in [4.78, 5) is 14.1. The van der Waals surface area contributed by atoms with Crippen molar-refractivity contribution in [2.45, 2.75) is 25.7 Å². The third kappa shape index (κ3) is 4.53. The predicted molar refractivity (Wildman–Crippen MR) is 80.5 cm³/mol. The number of amides is 1. The Hall–Kier alpha value is -2.48. The number of benzene rings is 1. The molecule has 2 N–H and O–H groups in total. The van der Waals surface area contributed by atoms with Gasteiger partial charge in [-0.3, -0.25) is 4.79 Å². The van der Waals surface area contributed by atoms with Gasteiger partial charge in [0.15, 0.2) is 0 Å². The van der Waals surface area contributed by atoms with Crippen LogP contribution in [0.1, 0.15) is 25.7 Å². The molecule has 110 valence electrons. The topological polar surface area (TPSA) is 76.4 Å². The highest BCUT2D eigenvalue weighted by Crippen LogP contribution is 2.16. The predicted octanol–water partition coefficient (Wildman–Crippen LogP) is 2.61. The highest BCUT2D eigenvalue weighted by atomic mass is 16.3. The fourth-order valence-corrected chi connectivity index (χ4v) is 2.33. The van der Waals surface area contributed by atoms with Gasteiger partial charge in [-0.25, -0.2) is 0 Å². The van der Waals surface area contributed by atoms with Crippen molar-refractivity contribution >= 4 is 11.6 Å². The largest absolute Gasteiger partial charge is 0.508 e. The number of aromatic hydroxyl groups is 1. The number of nitriles is 1. The van der Waals surface area contributed by atoms with Crippen molar-refractivity contribution in [1.29, 1.82) is 5.26 Å². The van der Waals surface area contributed by atoms with E-state index >= 15 is 0 Å². The summed E-state index contributed by atoms with van der Waals surface area (Å²) in [5.74, 6) is -0.379. The number of nitrogens with one attached hydrogen (secondary N) is 1. The number of phenols is 1. The molecule has 5 nitrogen and oxygen atoms in total. The lowest BCUT2D eigenvalue weighted by molar-refractivity contribution is -0.112. The summed E-state index contributed by atoms with van der Waals surface area (Å²) in [6.45, 7) is 1.76. The number of nitrogens with zero attached hydrogens (tertiary/aromatic N) is 2. The van der Waals surface area contributed by atoms with E-state index in [1.807, 2.05) is 11.0 Å². The standard InChI is InChI=1S/C16H19N3O2/c17-11-13(12-19-8-3-1-2-4-9-19)16(21)18-14-6-5-7-15(20)10-14/h5-7,10,12,20H,1-4,8-9H2,(H,18,21)/b13-12-. The molecule has 1 aromatic rings. The minimum Gasteiger partial charge on any atom is -0.508 e. The quantitative estimate of drug-likeness (QED) is 0.661. The Morgan fingerprint density at radius 2 is 2.00 bits per heavy atom. The average Bonchev–Trinajstić information content (AvgIpc) is 2.73. The lowest BCUT2D eigenvalue weighted by Crippen LogP contribution is -2.22. The maximum atomic E-state index is 12.1. The minimum atomic E-state index is -0.452. The minimum absolute atomic E-state index is 0.0720. The first kappa shape index (κ1) is 14.9. The lowest BCUT2D eigenvalue weighted by atomic mass is 10.2. The molecule has 1 aliphatic heterocycles. The SMILES string of the molecule is N#C/C(=C/N1CCCCCC1)C(=O)Nc1cccc(O)c1. The van der Waals surface area contributed by atoms with E-state index in [4.69, 9.17) is 0 Å². The normalized spacial score (nSPS) is 16.0. The van der Waals surface area contributed by atoms with Crippen molar-refractivity contribution in [1.82, 2.24) is 4.90 Å². The van der Waals surface area contributed by atoms with Crippen LogP contribution in [0.3, 0.4) is 0 Å². The Labute approximate surface area is 124 Å². The summed E-state index contributed by atoms with van der Waals surface area (Å²) < 4.78 is 0. The van der Waals surface area contributed by atoms with E-state index in [9.17, 15) is 15.2 Å². The van der Waals surface area contributed by atoms with E-state index in [-0.39, 0.29) is 11.3 Å². The van der Waals surface area contributed by atoms with Crippen molar-refractivity contribution in [2.75, 3.05) is 18.4 Å².